The maximum Gasteiger partial charge on any atom is 0.256 e. The Kier molecular flexibility index (Phi) is 3.90. The van der Waals surface area contributed by atoms with Crippen LogP contribution in [0, 0.1) is 0 Å². The van der Waals surface area contributed by atoms with Gasteiger partial charge in [-0.2, -0.15) is 0 Å². The van der Waals surface area contributed by atoms with Crippen molar-refractivity contribution in [1.29, 1.82) is 0 Å². The monoisotopic (exact) mass is 317 g/mol. The summed E-state index contributed by atoms with van der Waals surface area (Å²) < 4.78 is 0. The lowest BCUT2D eigenvalue weighted by Gasteiger charge is -2.18. The molecule has 0 unspecified atom stereocenters. The smallest absolute Gasteiger partial charge is 0.256 e. The summed E-state index contributed by atoms with van der Waals surface area (Å²) in [6.45, 7) is 0. The average molecular weight is 318 g/mol. The van der Waals surface area contributed by atoms with Crippen molar-refractivity contribution in [2.45, 2.75) is 4.90 Å². The summed E-state index contributed by atoms with van der Waals surface area (Å²) in [6.07, 6.45) is 0. The van der Waals surface area contributed by atoms with Gasteiger partial charge in [0, 0.05) is 26.9 Å². The van der Waals surface area contributed by atoms with Crippen LogP contribution in [0.3, 0.4) is 0 Å². The van der Waals surface area contributed by atoms with Gasteiger partial charge in [-0.3, -0.25) is 4.79 Å². The third-order valence-electron chi connectivity index (χ3n) is 3.16. The van der Waals surface area contributed by atoms with E-state index >= 15 is 0 Å². The van der Waals surface area contributed by atoms with Gasteiger partial charge in [0.2, 0.25) is 0 Å². The highest BCUT2D eigenvalue weighted by molar-refractivity contribution is 7.99. The Bertz CT molecular complexity index is 743. The van der Waals surface area contributed by atoms with Gasteiger partial charge in [0.25, 0.3) is 5.91 Å². The molecule has 3 rings (SSSR count). The summed E-state index contributed by atoms with van der Waals surface area (Å²) in [6, 6.07) is 14.4. The zero-order chi connectivity index (χ0) is 14.8. The first kappa shape index (κ1) is 14.0. The van der Waals surface area contributed by atoms with Crippen molar-refractivity contribution in [2.75, 3.05) is 11.1 Å². The third kappa shape index (κ3) is 2.91. The SMILES string of the molecule is O=C(Nc1cccc(Cl)c1)C1=C(O)c2ccccc2SC1. The van der Waals surface area contributed by atoms with Crippen LogP contribution in [0.25, 0.3) is 5.76 Å². The molecule has 5 heteroatoms. The van der Waals surface area contributed by atoms with Gasteiger partial charge >= 0.3 is 0 Å². The Morgan fingerprint density at radius 2 is 2.00 bits per heavy atom. The molecule has 0 fully saturated rings. The number of hydrogen-bond donors (Lipinski definition) is 2. The van der Waals surface area contributed by atoms with Gasteiger partial charge in [-0.25, -0.2) is 0 Å². The second-order valence-electron chi connectivity index (χ2n) is 4.58. The van der Waals surface area contributed by atoms with Gasteiger partial charge in [-0.15, -0.1) is 11.8 Å². The number of carbonyl (C=O) groups excluding carboxylic acids is 1. The second kappa shape index (κ2) is 5.84. The quantitative estimate of drug-likeness (QED) is 0.865. The minimum absolute atomic E-state index is 0.0453. The topological polar surface area (TPSA) is 49.3 Å². The van der Waals surface area contributed by atoms with Gasteiger partial charge < -0.3 is 10.4 Å². The Labute approximate surface area is 131 Å². The molecule has 0 atom stereocenters. The van der Waals surface area contributed by atoms with Crippen LogP contribution in [-0.4, -0.2) is 16.8 Å². The number of aliphatic hydroxyl groups is 1. The van der Waals surface area contributed by atoms with Crippen molar-refractivity contribution >= 4 is 40.7 Å². The van der Waals surface area contributed by atoms with E-state index in [1.54, 1.807) is 24.3 Å². The fourth-order valence-corrected chi connectivity index (χ4v) is 3.37. The molecule has 106 valence electrons. The fourth-order valence-electron chi connectivity index (χ4n) is 2.11. The summed E-state index contributed by atoms with van der Waals surface area (Å²) >= 11 is 7.43. The van der Waals surface area contributed by atoms with Crippen LogP contribution >= 0.6 is 23.4 Å². The summed E-state index contributed by atoms with van der Waals surface area (Å²) in [5.41, 5.74) is 1.68. The molecule has 1 aliphatic rings. The van der Waals surface area contributed by atoms with Crippen molar-refractivity contribution in [3.05, 3.63) is 64.7 Å². The molecule has 0 spiro atoms. The first-order valence-electron chi connectivity index (χ1n) is 6.36. The average Bonchev–Trinajstić information content (AvgIpc) is 2.48. The van der Waals surface area contributed by atoms with Gasteiger partial charge in [0.15, 0.2) is 0 Å². The molecule has 2 aromatic carbocycles. The van der Waals surface area contributed by atoms with E-state index in [4.69, 9.17) is 11.6 Å². The van der Waals surface area contributed by atoms with Crippen molar-refractivity contribution in [3.8, 4) is 0 Å². The highest BCUT2D eigenvalue weighted by Gasteiger charge is 2.23. The van der Waals surface area contributed by atoms with Crippen LogP contribution < -0.4 is 5.32 Å². The van der Waals surface area contributed by atoms with E-state index < -0.39 is 0 Å². The molecule has 21 heavy (non-hydrogen) atoms. The predicted octanol–water partition coefficient (Wildman–Crippen LogP) is 4.35. The first-order valence-corrected chi connectivity index (χ1v) is 7.73. The summed E-state index contributed by atoms with van der Waals surface area (Å²) in [4.78, 5) is 13.3. The van der Waals surface area contributed by atoms with E-state index in [0.29, 0.717) is 27.6 Å². The lowest BCUT2D eigenvalue weighted by molar-refractivity contribution is -0.112. The first-order chi connectivity index (χ1) is 10.1. The minimum Gasteiger partial charge on any atom is -0.507 e. The number of amides is 1. The Balaban J connectivity index is 1.88. The number of aliphatic hydroxyl groups excluding tert-OH is 1. The lowest BCUT2D eigenvalue weighted by Crippen LogP contribution is -2.19. The van der Waals surface area contributed by atoms with E-state index in [1.807, 2.05) is 24.3 Å². The molecule has 0 aromatic heterocycles. The molecule has 0 saturated carbocycles. The van der Waals surface area contributed by atoms with E-state index in [0.717, 1.165) is 4.90 Å². The Morgan fingerprint density at radius 1 is 1.19 bits per heavy atom. The number of carbonyl (C=O) groups is 1. The molecule has 0 aliphatic carbocycles. The number of rotatable bonds is 2. The fraction of sp³-hybridized carbons (Fsp3) is 0.0625. The van der Waals surface area contributed by atoms with Crippen molar-refractivity contribution < 1.29 is 9.90 Å². The normalized spacial score (nSPS) is 13.8. The minimum atomic E-state index is -0.309. The number of thioether (sulfide) groups is 1. The zero-order valence-corrected chi connectivity index (χ0v) is 12.5. The van der Waals surface area contributed by atoms with Crippen molar-refractivity contribution in [2.24, 2.45) is 0 Å². The van der Waals surface area contributed by atoms with Crippen molar-refractivity contribution in [3.63, 3.8) is 0 Å². The van der Waals surface area contributed by atoms with E-state index in [2.05, 4.69) is 5.32 Å². The maximum absolute atomic E-state index is 12.3. The highest BCUT2D eigenvalue weighted by atomic mass is 35.5. The molecule has 1 heterocycles. The number of halogens is 1. The van der Waals surface area contributed by atoms with Gasteiger partial charge in [0.1, 0.15) is 5.76 Å². The standard InChI is InChI=1S/C16H12ClNO2S/c17-10-4-3-5-11(8-10)18-16(20)13-9-21-14-7-2-1-6-12(14)15(13)19/h1-8,19H,9H2,(H,18,20). The van der Waals surface area contributed by atoms with Gasteiger partial charge in [-0.1, -0.05) is 35.9 Å². The van der Waals surface area contributed by atoms with Crippen LogP contribution in [0.15, 0.2) is 59.0 Å². The highest BCUT2D eigenvalue weighted by Crippen LogP contribution is 2.36. The second-order valence-corrected chi connectivity index (χ2v) is 6.03. The maximum atomic E-state index is 12.3. The van der Waals surface area contributed by atoms with Crippen LogP contribution in [-0.2, 0) is 4.79 Å². The summed E-state index contributed by atoms with van der Waals surface area (Å²) in [5, 5.41) is 13.6. The number of fused-ring (bicyclic) bond motifs is 1. The van der Waals surface area contributed by atoms with E-state index in [9.17, 15) is 9.90 Å². The lowest BCUT2D eigenvalue weighted by atomic mass is 10.1. The summed E-state index contributed by atoms with van der Waals surface area (Å²) in [5.74, 6) is 0.176. The van der Waals surface area contributed by atoms with Gasteiger partial charge in [0.05, 0.1) is 5.57 Å². The molecule has 2 N–H and O–H groups in total. The van der Waals surface area contributed by atoms with Crippen molar-refractivity contribution in [1.82, 2.24) is 0 Å². The van der Waals surface area contributed by atoms with Crippen LogP contribution in [0.5, 0.6) is 0 Å². The van der Waals surface area contributed by atoms with Gasteiger partial charge in [-0.05, 0) is 24.3 Å². The largest absolute Gasteiger partial charge is 0.507 e. The van der Waals surface area contributed by atoms with Crippen LogP contribution in [0.1, 0.15) is 5.56 Å². The summed E-state index contributed by atoms with van der Waals surface area (Å²) in [7, 11) is 0. The molecule has 1 aliphatic heterocycles. The number of nitrogens with one attached hydrogen (secondary N) is 1. The predicted molar refractivity (Wildman–Crippen MR) is 86.8 cm³/mol. The number of anilines is 1. The molecule has 0 saturated heterocycles. The zero-order valence-electron chi connectivity index (χ0n) is 11.0. The van der Waals surface area contributed by atoms with Crippen LogP contribution in [0.4, 0.5) is 5.69 Å². The molecule has 3 nitrogen and oxygen atoms in total. The third-order valence-corrected chi connectivity index (χ3v) is 4.49. The van der Waals surface area contributed by atoms with E-state index in [1.165, 1.54) is 11.8 Å². The molecule has 1 amide bonds. The number of hydrogen-bond acceptors (Lipinski definition) is 3. The Morgan fingerprint density at radius 3 is 2.81 bits per heavy atom. The molecule has 0 bridgehead atoms. The Hall–Kier alpha value is -1.91. The molecular weight excluding hydrogens is 306 g/mol. The number of benzene rings is 2. The molecule has 2 aromatic rings. The molecular formula is C16H12ClNO2S. The van der Waals surface area contributed by atoms with E-state index in [-0.39, 0.29) is 11.7 Å². The molecule has 0 radical (unpaired) electrons. The van der Waals surface area contributed by atoms with Crippen LogP contribution in [0.2, 0.25) is 5.02 Å².